The first-order chi connectivity index (χ1) is 8.67. The molecule has 0 saturated heterocycles. The van der Waals surface area contributed by atoms with Crippen LogP contribution in [0.3, 0.4) is 0 Å². The molecular weight excluding hydrogens is 220 g/mol. The SMILES string of the molecule is Cc1ccc2c(c1)C(O)(CC1CCCCC1)CC2. The molecule has 0 bridgehead atoms. The predicted octanol–water partition coefficient (Wildman–Crippen LogP) is 4.10. The highest BCUT2D eigenvalue weighted by molar-refractivity contribution is 5.40. The van der Waals surface area contributed by atoms with Crippen molar-refractivity contribution >= 4 is 0 Å². The number of aryl methyl sites for hydroxylation is 2. The summed E-state index contributed by atoms with van der Waals surface area (Å²) in [4.78, 5) is 0. The van der Waals surface area contributed by atoms with Crippen LogP contribution in [0.25, 0.3) is 0 Å². The molecule has 1 fully saturated rings. The third-order valence-electron chi connectivity index (χ3n) is 4.93. The van der Waals surface area contributed by atoms with E-state index in [0.717, 1.165) is 25.2 Å². The van der Waals surface area contributed by atoms with E-state index in [2.05, 4.69) is 25.1 Å². The van der Waals surface area contributed by atoms with Crippen LogP contribution in [0.4, 0.5) is 0 Å². The van der Waals surface area contributed by atoms with Crippen molar-refractivity contribution < 1.29 is 5.11 Å². The number of benzene rings is 1. The maximum absolute atomic E-state index is 11.0. The Hall–Kier alpha value is -0.820. The normalized spacial score (nSPS) is 28.3. The molecule has 2 aliphatic carbocycles. The maximum atomic E-state index is 11.0. The van der Waals surface area contributed by atoms with Gasteiger partial charge in [-0.3, -0.25) is 0 Å². The van der Waals surface area contributed by atoms with Gasteiger partial charge in [-0.2, -0.15) is 0 Å². The number of hydrogen-bond donors (Lipinski definition) is 1. The molecule has 1 saturated carbocycles. The predicted molar refractivity (Wildman–Crippen MR) is 74.6 cm³/mol. The first-order valence-corrected chi connectivity index (χ1v) is 7.50. The van der Waals surface area contributed by atoms with E-state index in [1.165, 1.54) is 48.8 Å². The lowest BCUT2D eigenvalue weighted by Crippen LogP contribution is -2.27. The number of aliphatic hydroxyl groups is 1. The second-order valence-electron chi connectivity index (χ2n) is 6.40. The van der Waals surface area contributed by atoms with E-state index in [1.54, 1.807) is 0 Å². The van der Waals surface area contributed by atoms with Crippen LogP contribution in [0.5, 0.6) is 0 Å². The molecule has 0 aliphatic heterocycles. The van der Waals surface area contributed by atoms with Crippen LogP contribution in [0.2, 0.25) is 0 Å². The topological polar surface area (TPSA) is 20.2 Å². The van der Waals surface area contributed by atoms with Gasteiger partial charge in [0, 0.05) is 0 Å². The zero-order chi connectivity index (χ0) is 12.6. The lowest BCUT2D eigenvalue weighted by atomic mass is 9.78. The van der Waals surface area contributed by atoms with Crippen molar-refractivity contribution in [3.05, 3.63) is 34.9 Å². The highest BCUT2D eigenvalue weighted by atomic mass is 16.3. The van der Waals surface area contributed by atoms with E-state index in [-0.39, 0.29) is 0 Å². The highest BCUT2D eigenvalue weighted by Crippen LogP contribution is 2.44. The van der Waals surface area contributed by atoms with Crippen LogP contribution in [0.1, 0.15) is 61.6 Å². The smallest absolute Gasteiger partial charge is 0.0905 e. The monoisotopic (exact) mass is 244 g/mol. The molecule has 18 heavy (non-hydrogen) atoms. The van der Waals surface area contributed by atoms with Crippen LogP contribution < -0.4 is 0 Å². The van der Waals surface area contributed by atoms with Gasteiger partial charge >= 0.3 is 0 Å². The van der Waals surface area contributed by atoms with Crippen LogP contribution >= 0.6 is 0 Å². The van der Waals surface area contributed by atoms with E-state index in [4.69, 9.17) is 0 Å². The summed E-state index contributed by atoms with van der Waals surface area (Å²) in [5.74, 6) is 0.746. The lowest BCUT2D eigenvalue weighted by molar-refractivity contribution is 0.00718. The maximum Gasteiger partial charge on any atom is 0.0905 e. The molecule has 0 amide bonds. The molecule has 1 atom stereocenters. The molecule has 1 aromatic rings. The summed E-state index contributed by atoms with van der Waals surface area (Å²) < 4.78 is 0. The Bertz CT molecular complexity index is 431. The molecule has 1 N–H and O–H groups in total. The minimum Gasteiger partial charge on any atom is -0.385 e. The number of hydrogen-bond acceptors (Lipinski definition) is 1. The van der Waals surface area contributed by atoms with E-state index < -0.39 is 5.60 Å². The Morgan fingerprint density at radius 1 is 1.22 bits per heavy atom. The van der Waals surface area contributed by atoms with Gasteiger partial charge in [-0.1, -0.05) is 55.9 Å². The van der Waals surface area contributed by atoms with E-state index in [1.807, 2.05) is 0 Å². The molecular formula is C17H24O. The molecule has 2 aliphatic rings. The zero-order valence-corrected chi connectivity index (χ0v) is 11.4. The fourth-order valence-electron chi connectivity index (χ4n) is 3.90. The van der Waals surface area contributed by atoms with Crippen molar-refractivity contribution in [2.24, 2.45) is 5.92 Å². The van der Waals surface area contributed by atoms with Crippen molar-refractivity contribution in [3.8, 4) is 0 Å². The van der Waals surface area contributed by atoms with Crippen LogP contribution in [0.15, 0.2) is 18.2 Å². The van der Waals surface area contributed by atoms with Gasteiger partial charge in [-0.15, -0.1) is 0 Å². The van der Waals surface area contributed by atoms with Gasteiger partial charge in [0.1, 0.15) is 0 Å². The van der Waals surface area contributed by atoms with Crippen molar-refractivity contribution in [1.82, 2.24) is 0 Å². The molecule has 1 aromatic carbocycles. The van der Waals surface area contributed by atoms with Gasteiger partial charge in [-0.25, -0.2) is 0 Å². The molecule has 1 unspecified atom stereocenters. The van der Waals surface area contributed by atoms with Crippen molar-refractivity contribution in [1.29, 1.82) is 0 Å². The number of rotatable bonds is 2. The molecule has 0 aromatic heterocycles. The molecule has 0 radical (unpaired) electrons. The second-order valence-corrected chi connectivity index (χ2v) is 6.40. The molecule has 1 heteroatoms. The Morgan fingerprint density at radius 2 is 2.00 bits per heavy atom. The second kappa shape index (κ2) is 4.70. The van der Waals surface area contributed by atoms with Crippen molar-refractivity contribution in [3.63, 3.8) is 0 Å². The van der Waals surface area contributed by atoms with Gasteiger partial charge in [0.25, 0.3) is 0 Å². The number of fused-ring (bicyclic) bond motifs is 1. The van der Waals surface area contributed by atoms with Gasteiger partial charge in [0.2, 0.25) is 0 Å². The minimum atomic E-state index is -0.524. The summed E-state index contributed by atoms with van der Waals surface area (Å²) in [6, 6.07) is 6.60. The molecule has 1 nitrogen and oxygen atoms in total. The van der Waals surface area contributed by atoms with Crippen molar-refractivity contribution in [2.75, 3.05) is 0 Å². The largest absolute Gasteiger partial charge is 0.385 e. The fourth-order valence-corrected chi connectivity index (χ4v) is 3.90. The first kappa shape index (κ1) is 12.2. The van der Waals surface area contributed by atoms with Gasteiger partial charge in [0.05, 0.1) is 5.60 Å². The lowest BCUT2D eigenvalue weighted by Gasteiger charge is -2.31. The average Bonchev–Trinajstić information content (AvgIpc) is 2.68. The van der Waals surface area contributed by atoms with E-state index in [9.17, 15) is 5.11 Å². The standard InChI is InChI=1S/C17H24O/c1-13-7-8-15-9-10-17(18,16(15)11-13)12-14-5-3-2-4-6-14/h7-8,11,14,18H,2-6,9-10,12H2,1H3. The summed E-state index contributed by atoms with van der Waals surface area (Å²) >= 11 is 0. The highest BCUT2D eigenvalue weighted by Gasteiger charge is 2.38. The molecule has 3 rings (SSSR count). The minimum absolute atomic E-state index is 0.524. The molecule has 0 heterocycles. The summed E-state index contributed by atoms with van der Waals surface area (Å²) in [5, 5.41) is 11.0. The van der Waals surface area contributed by atoms with Gasteiger partial charge < -0.3 is 5.11 Å². The Kier molecular flexibility index (Phi) is 3.19. The van der Waals surface area contributed by atoms with Crippen LogP contribution in [-0.4, -0.2) is 5.11 Å². The summed E-state index contributed by atoms with van der Waals surface area (Å²) in [5.41, 5.74) is 3.35. The fraction of sp³-hybridized carbons (Fsp3) is 0.647. The third-order valence-corrected chi connectivity index (χ3v) is 4.93. The Morgan fingerprint density at radius 3 is 2.78 bits per heavy atom. The van der Waals surface area contributed by atoms with E-state index in [0.29, 0.717) is 0 Å². The molecule has 0 spiro atoms. The quantitative estimate of drug-likeness (QED) is 0.830. The first-order valence-electron chi connectivity index (χ1n) is 7.50. The van der Waals surface area contributed by atoms with Gasteiger partial charge in [0.15, 0.2) is 0 Å². The summed E-state index contributed by atoms with van der Waals surface area (Å²) in [6.07, 6.45) is 9.74. The zero-order valence-electron chi connectivity index (χ0n) is 11.4. The van der Waals surface area contributed by atoms with Crippen molar-refractivity contribution in [2.45, 2.75) is 63.9 Å². The van der Waals surface area contributed by atoms with Crippen LogP contribution in [0, 0.1) is 12.8 Å². The third kappa shape index (κ3) is 2.21. The molecule has 98 valence electrons. The average molecular weight is 244 g/mol. The Balaban J connectivity index is 1.81. The van der Waals surface area contributed by atoms with E-state index >= 15 is 0 Å². The summed E-state index contributed by atoms with van der Waals surface area (Å²) in [7, 11) is 0. The van der Waals surface area contributed by atoms with Crippen LogP contribution in [-0.2, 0) is 12.0 Å². The Labute approximate surface area is 110 Å². The van der Waals surface area contributed by atoms with Gasteiger partial charge in [-0.05, 0) is 43.2 Å². The summed E-state index contributed by atoms with van der Waals surface area (Å²) in [6.45, 7) is 2.12.